The Bertz CT molecular complexity index is 1040. The van der Waals surface area contributed by atoms with Gasteiger partial charge in [0.2, 0.25) is 0 Å². The van der Waals surface area contributed by atoms with E-state index in [0.29, 0.717) is 30.4 Å². The molecule has 27 heavy (non-hydrogen) atoms. The fourth-order valence-corrected chi connectivity index (χ4v) is 3.62. The predicted molar refractivity (Wildman–Crippen MR) is 106 cm³/mol. The summed E-state index contributed by atoms with van der Waals surface area (Å²) in [5.74, 6) is 0.756. The van der Waals surface area contributed by atoms with Crippen LogP contribution in [0.4, 0.5) is 0 Å². The smallest absolute Gasteiger partial charge is 0.254 e. The molecule has 4 rings (SSSR count). The number of halogens is 1. The van der Waals surface area contributed by atoms with E-state index in [1.807, 2.05) is 37.3 Å². The van der Waals surface area contributed by atoms with E-state index in [1.165, 1.54) is 0 Å². The van der Waals surface area contributed by atoms with E-state index in [1.54, 1.807) is 12.1 Å². The van der Waals surface area contributed by atoms with Gasteiger partial charge in [0.25, 0.3) is 5.56 Å². The van der Waals surface area contributed by atoms with Gasteiger partial charge in [-0.05, 0) is 31.0 Å². The predicted octanol–water partition coefficient (Wildman–Crippen LogP) is 3.66. The summed E-state index contributed by atoms with van der Waals surface area (Å²) in [6, 6.07) is 13.0. The SMILES string of the molecule is Cc1ccc(-c2nc3c(c(=O)[nH]2)CCN(Cc2ccc(O)cc2Cl)C3)cc1. The number of aromatic amines is 1. The zero-order valence-corrected chi connectivity index (χ0v) is 15.8. The van der Waals surface area contributed by atoms with Gasteiger partial charge in [-0.3, -0.25) is 9.69 Å². The van der Waals surface area contributed by atoms with Crippen molar-refractivity contribution in [2.24, 2.45) is 0 Å². The first-order valence-corrected chi connectivity index (χ1v) is 9.26. The van der Waals surface area contributed by atoms with Gasteiger partial charge >= 0.3 is 0 Å². The van der Waals surface area contributed by atoms with Crippen LogP contribution in [0.25, 0.3) is 11.4 Å². The molecule has 5 nitrogen and oxygen atoms in total. The standard InChI is InChI=1S/C21H20ClN3O2/c1-13-2-4-14(5-3-13)20-23-19-12-25(9-8-17(19)21(27)24-20)11-15-6-7-16(26)10-18(15)22/h2-7,10,26H,8-9,11-12H2,1H3,(H,23,24,27). The average Bonchev–Trinajstić information content (AvgIpc) is 2.64. The summed E-state index contributed by atoms with van der Waals surface area (Å²) in [7, 11) is 0. The van der Waals surface area contributed by atoms with Crippen molar-refractivity contribution in [1.82, 2.24) is 14.9 Å². The molecule has 0 aliphatic carbocycles. The number of aromatic hydroxyl groups is 1. The van der Waals surface area contributed by atoms with Crippen LogP contribution in [0.2, 0.25) is 5.02 Å². The van der Waals surface area contributed by atoms with E-state index in [9.17, 15) is 9.90 Å². The van der Waals surface area contributed by atoms with Crippen molar-refractivity contribution in [2.75, 3.05) is 6.54 Å². The molecule has 0 spiro atoms. The van der Waals surface area contributed by atoms with Crippen LogP contribution in [-0.2, 0) is 19.5 Å². The maximum Gasteiger partial charge on any atom is 0.254 e. The van der Waals surface area contributed by atoms with Crippen molar-refractivity contribution in [3.05, 3.63) is 80.2 Å². The minimum atomic E-state index is -0.0575. The van der Waals surface area contributed by atoms with Crippen LogP contribution in [0.3, 0.4) is 0 Å². The Morgan fingerprint density at radius 2 is 2.00 bits per heavy atom. The van der Waals surface area contributed by atoms with Crippen LogP contribution in [0.1, 0.15) is 22.4 Å². The van der Waals surface area contributed by atoms with Gasteiger partial charge < -0.3 is 10.1 Å². The number of nitrogens with zero attached hydrogens (tertiary/aromatic N) is 2. The van der Waals surface area contributed by atoms with E-state index in [0.717, 1.165) is 34.5 Å². The molecule has 0 radical (unpaired) electrons. The minimum absolute atomic E-state index is 0.0575. The third-order valence-electron chi connectivity index (χ3n) is 4.91. The maximum atomic E-state index is 12.5. The Balaban J connectivity index is 1.61. The first-order valence-electron chi connectivity index (χ1n) is 8.88. The molecule has 2 N–H and O–H groups in total. The number of phenols is 1. The lowest BCUT2D eigenvalue weighted by Crippen LogP contribution is -2.35. The molecule has 2 aromatic carbocycles. The van der Waals surface area contributed by atoms with Crippen LogP contribution < -0.4 is 5.56 Å². The summed E-state index contributed by atoms with van der Waals surface area (Å²) in [4.78, 5) is 22.4. The molecular weight excluding hydrogens is 362 g/mol. The lowest BCUT2D eigenvalue weighted by Gasteiger charge is -2.28. The first-order chi connectivity index (χ1) is 13.0. The van der Waals surface area contributed by atoms with Gasteiger partial charge in [-0.15, -0.1) is 0 Å². The van der Waals surface area contributed by atoms with Crippen molar-refractivity contribution in [1.29, 1.82) is 0 Å². The second kappa shape index (κ2) is 7.18. The number of rotatable bonds is 3. The highest BCUT2D eigenvalue weighted by Crippen LogP contribution is 2.25. The fourth-order valence-electron chi connectivity index (χ4n) is 3.38. The molecule has 3 aromatic rings. The molecule has 0 bridgehead atoms. The summed E-state index contributed by atoms with van der Waals surface area (Å²) in [5, 5.41) is 10.1. The van der Waals surface area contributed by atoms with Gasteiger partial charge in [0.1, 0.15) is 11.6 Å². The molecule has 1 aliphatic rings. The van der Waals surface area contributed by atoms with Gasteiger partial charge in [-0.25, -0.2) is 4.98 Å². The number of hydrogen-bond donors (Lipinski definition) is 2. The Morgan fingerprint density at radius 3 is 2.74 bits per heavy atom. The summed E-state index contributed by atoms with van der Waals surface area (Å²) < 4.78 is 0. The summed E-state index contributed by atoms with van der Waals surface area (Å²) in [5.41, 5.74) is 4.53. The summed E-state index contributed by atoms with van der Waals surface area (Å²) in [6.45, 7) is 4.03. The van der Waals surface area contributed by atoms with Crippen molar-refractivity contribution >= 4 is 11.6 Å². The summed E-state index contributed by atoms with van der Waals surface area (Å²) >= 11 is 6.23. The van der Waals surface area contributed by atoms with Crippen LogP contribution in [0.5, 0.6) is 5.75 Å². The highest BCUT2D eigenvalue weighted by molar-refractivity contribution is 6.31. The highest BCUT2D eigenvalue weighted by Gasteiger charge is 2.22. The van der Waals surface area contributed by atoms with Crippen molar-refractivity contribution in [3.63, 3.8) is 0 Å². The molecule has 1 aliphatic heterocycles. The lowest BCUT2D eigenvalue weighted by atomic mass is 10.0. The molecule has 0 atom stereocenters. The molecule has 0 amide bonds. The molecule has 0 fully saturated rings. The molecule has 1 aromatic heterocycles. The Morgan fingerprint density at radius 1 is 1.22 bits per heavy atom. The third-order valence-corrected chi connectivity index (χ3v) is 5.26. The number of benzene rings is 2. The quantitative estimate of drug-likeness (QED) is 0.726. The molecule has 0 saturated heterocycles. The van der Waals surface area contributed by atoms with Gasteiger partial charge in [0.05, 0.1) is 5.69 Å². The number of phenolic OH excluding ortho intramolecular Hbond substituents is 1. The first kappa shape index (κ1) is 17.8. The number of aryl methyl sites for hydroxylation is 1. The van der Waals surface area contributed by atoms with Crippen molar-refractivity contribution < 1.29 is 5.11 Å². The molecule has 0 unspecified atom stereocenters. The van der Waals surface area contributed by atoms with Crippen LogP contribution in [0, 0.1) is 6.92 Å². The number of H-pyrrole nitrogens is 1. The lowest BCUT2D eigenvalue weighted by molar-refractivity contribution is 0.240. The zero-order valence-electron chi connectivity index (χ0n) is 15.0. The monoisotopic (exact) mass is 381 g/mol. The Labute approximate surface area is 162 Å². The van der Waals surface area contributed by atoms with Crippen LogP contribution in [0.15, 0.2) is 47.3 Å². The minimum Gasteiger partial charge on any atom is -0.508 e. The molecule has 2 heterocycles. The molecular formula is C21H20ClN3O2. The molecule has 6 heteroatoms. The second-order valence-electron chi connectivity index (χ2n) is 6.94. The third kappa shape index (κ3) is 3.75. The number of fused-ring (bicyclic) bond motifs is 1. The largest absolute Gasteiger partial charge is 0.508 e. The second-order valence-corrected chi connectivity index (χ2v) is 7.35. The average molecular weight is 382 g/mol. The van der Waals surface area contributed by atoms with Gasteiger partial charge in [-0.2, -0.15) is 0 Å². The van der Waals surface area contributed by atoms with E-state index < -0.39 is 0 Å². The van der Waals surface area contributed by atoms with Gasteiger partial charge in [-0.1, -0.05) is 47.5 Å². The van der Waals surface area contributed by atoms with Crippen molar-refractivity contribution in [3.8, 4) is 17.1 Å². The Kier molecular flexibility index (Phi) is 4.72. The van der Waals surface area contributed by atoms with Crippen LogP contribution >= 0.6 is 11.6 Å². The van der Waals surface area contributed by atoms with E-state index >= 15 is 0 Å². The maximum absolute atomic E-state index is 12.5. The number of hydrogen-bond acceptors (Lipinski definition) is 4. The van der Waals surface area contributed by atoms with E-state index in [4.69, 9.17) is 16.6 Å². The van der Waals surface area contributed by atoms with Gasteiger partial charge in [0, 0.05) is 35.8 Å². The zero-order chi connectivity index (χ0) is 19.0. The Hall–Kier alpha value is -2.63. The van der Waals surface area contributed by atoms with Crippen LogP contribution in [-0.4, -0.2) is 26.5 Å². The van der Waals surface area contributed by atoms with Gasteiger partial charge in [0.15, 0.2) is 0 Å². The van der Waals surface area contributed by atoms with E-state index in [-0.39, 0.29) is 11.3 Å². The van der Waals surface area contributed by atoms with Crippen molar-refractivity contribution in [2.45, 2.75) is 26.4 Å². The molecule has 0 saturated carbocycles. The number of aromatic nitrogens is 2. The number of nitrogens with one attached hydrogen (secondary N) is 1. The van der Waals surface area contributed by atoms with E-state index in [2.05, 4.69) is 9.88 Å². The topological polar surface area (TPSA) is 69.2 Å². The normalized spacial score (nSPS) is 14.1. The fraction of sp³-hybridized carbons (Fsp3) is 0.238. The molecule has 138 valence electrons. The summed E-state index contributed by atoms with van der Waals surface area (Å²) in [6.07, 6.45) is 0.654. The highest BCUT2D eigenvalue weighted by atomic mass is 35.5.